The molecular weight excluding hydrogens is 451 g/mol. The second-order valence-electron chi connectivity index (χ2n) is 11.6. The second-order valence-corrected chi connectivity index (χ2v) is 11.6. The van der Waals surface area contributed by atoms with Crippen molar-refractivity contribution in [1.82, 2.24) is 15.3 Å². The van der Waals surface area contributed by atoms with Gasteiger partial charge in [0.15, 0.2) is 0 Å². The van der Waals surface area contributed by atoms with Gasteiger partial charge in [-0.1, -0.05) is 51.2 Å². The highest BCUT2D eigenvalue weighted by molar-refractivity contribution is 5.95. The van der Waals surface area contributed by atoms with E-state index < -0.39 is 0 Å². The Morgan fingerprint density at radius 2 is 1.64 bits per heavy atom. The van der Waals surface area contributed by atoms with Crippen LogP contribution in [0.15, 0.2) is 30.5 Å². The number of amides is 1. The zero-order chi connectivity index (χ0) is 25.0. The number of nitrogens with zero attached hydrogens (tertiary/aromatic N) is 2. The van der Waals surface area contributed by atoms with E-state index in [9.17, 15) is 9.18 Å². The number of carbonyl (C=O) groups excluding carboxylic acids is 1. The van der Waals surface area contributed by atoms with E-state index in [4.69, 9.17) is 4.98 Å². The zero-order valence-corrected chi connectivity index (χ0v) is 21.7. The highest BCUT2D eigenvalue weighted by Gasteiger charge is 2.37. The summed E-state index contributed by atoms with van der Waals surface area (Å²) in [7, 11) is 0. The van der Waals surface area contributed by atoms with Crippen LogP contribution in [0.2, 0.25) is 0 Å². The molecule has 2 N–H and O–H groups in total. The SMILES string of the molecule is CC1CCC(Nc2ncc(C(=O)NC3CCCCC3)c(CC3(c4ccc(F)cc4)CCCC3)n2)CC1. The monoisotopic (exact) mass is 492 g/mol. The maximum atomic E-state index is 13.7. The van der Waals surface area contributed by atoms with E-state index >= 15 is 0 Å². The molecule has 2 aromatic rings. The molecule has 0 aliphatic heterocycles. The molecule has 1 aromatic heterocycles. The van der Waals surface area contributed by atoms with Gasteiger partial charge in [-0.2, -0.15) is 0 Å². The minimum Gasteiger partial charge on any atom is -0.351 e. The van der Waals surface area contributed by atoms with Gasteiger partial charge < -0.3 is 10.6 Å². The van der Waals surface area contributed by atoms with E-state index in [0.29, 0.717) is 24.0 Å². The summed E-state index contributed by atoms with van der Waals surface area (Å²) in [6, 6.07) is 7.58. The Balaban J connectivity index is 1.43. The van der Waals surface area contributed by atoms with Gasteiger partial charge in [-0.05, 0) is 75.0 Å². The molecule has 3 fully saturated rings. The molecule has 0 saturated heterocycles. The molecule has 0 radical (unpaired) electrons. The first-order valence-electron chi connectivity index (χ1n) is 14.2. The minimum absolute atomic E-state index is 0.0535. The Labute approximate surface area is 215 Å². The van der Waals surface area contributed by atoms with Gasteiger partial charge in [0.1, 0.15) is 5.82 Å². The third kappa shape index (κ3) is 5.90. The predicted molar refractivity (Wildman–Crippen MR) is 142 cm³/mol. The van der Waals surface area contributed by atoms with Crippen LogP contribution in [0, 0.1) is 11.7 Å². The lowest BCUT2D eigenvalue weighted by atomic mass is 9.74. The number of benzene rings is 1. The fourth-order valence-electron chi connectivity index (χ4n) is 6.65. The molecule has 5 nitrogen and oxygen atoms in total. The molecule has 1 aromatic carbocycles. The first-order valence-corrected chi connectivity index (χ1v) is 14.2. The van der Waals surface area contributed by atoms with Crippen LogP contribution in [0.3, 0.4) is 0 Å². The topological polar surface area (TPSA) is 66.9 Å². The number of hydrogen-bond acceptors (Lipinski definition) is 4. The lowest BCUT2D eigenvalue weighted by molar-refractivity contribution is 0.0925. The van der Waals surface area contributed by atoms with Gasteiger partial charge >= 0.3 is 0 Å². The van der Waals surface area contributed by atoms with Crippen LogP contribution in [0.4, 0.5) is 10.3 Å². The molecule has 3 aliphatic carbocycles. The van der Waals surface area contributed by atoms with Crippen LogP contribution >= 0.6 is 0 Å². The molecule has 0 unspecified atom stereocenters. The summed E-state index contributed by atoms with van der Waals surface area (Å²) in [6.07, 6.45) is 17.1. The van der Waals surface area contributed by atoms with Gasteiger partial charge in [0.2, 0.25) is 5.95 Å². The van der Waals surface area contributed by atoms with Crippen molar-refractivity contribution in [2.24, 2.45) is 5.92 Å². The van der Waals surface area contributed by atoms with Crippen molar-refractivity contribution in [3.05, 3.63) is 53.1 Å². The summed E-state index contributed by atoms with van der Waals surface area (Å²) in [6.45, 7) is 2.32. The summed E-state index contributed by atoms with van der Waals surface area (Å²) >= 11 is 0. The van der Waals surface area contributed by atoms with Gasteiger partial charge in [0.25, 0.3) is 5.91 Å². The molecule has 3 saturated carbocycles. The van der Waals surface area contributed by atoms with Gasteiger partial charge in [0.05, 0.1) is 11.3 Å². The Kier molecular flexibility index (Phi) is 7.87. The molecule has 36 heavy (non-hydrogen) atoms. The predicted octanol–water partition coefficient (Wildman–Crippen LogP) is 6.72. The minimum atomic E-state index is -0.213. The van der Waals surface area contributed by atoms with E-state index in [1.807, 2.05) is 12.1 Å². The molecule has 5 rings (SSSR count). The van der Waals surface area contributed by atoms with E-state index in [2.05, 4.69) is 22.5 Å². The Bertz CT molecular complexity index is 1020. The number of anilines is 1. The number of rotatable bonds is 7. The quantitative estimate of drug-likeness (QED) is 0.450. The van der Waals surface area contributed by atoms with Crippen LogP contribution in [0.1, 0.15) is 112 Å². The number of hydrogen-bond donors (Lipinski definition) is 2. The van der Waals surface area contributed by atoms with Crippen LogP contribution in [0.5, 0.6) is 0 Å². The molecule has 3 aliphatic rings. The summed E-state index contributed by atoms with van der Waals surface area (Å²) in [5.74, 6) is 1.14. The lowest BCUT2D eigenvalue weighted by Gasteiger charge is -2.31. The number of halogens is 1. The van der Waals surface area contributed by atoms with Gasteiger partial charge in [-0.3, -0.25) is 4.79 Å². The molecule has 0 atom stereocenters. The first-order chi connectivity index (χ1) is 17.5. The van der Waals surface area contributed by atoms with Crippen LogP contribution < -0.4 is 10.6 Å². The molecule has 194 valence electrons. The Morgan fingerprint density at radius 1 is 0.944 bits per heavy atom. The Hall–Kier alpha value is -2.50. The Morgan fingerprint density at radius 3 is 2.33 bits per heavy atom. The smallest absolute Gasteiger partial charge is 0.254 e. The van der Waals surface area contributed by atoms with E-state index in [1.54, 1.807) is 18.3 Å². The van der Waals surface area contributed by atoms with E-state index in [1.165, 1.54) is 32.1 Å². The van der Waals surface area contributed by atoms with Crippen molar-refractivity contribution >= 4 is 11.9 Å². The van der Waals surface area contributed by atoms with Crippen molar-refractivity contribution in [2.75, 3.05) is 5.32 Å². The summed E-state index contributed by atoms with van der Waals surface area (Å²) in [5, 5.41) is 6.85. The van der Waals surface area contributed by atoms with Gasteiger partial charge in [-0.25, -0.2) is 14.4 Å². The highest BCUT2D eigenvalue weighted by Crippen LogP contribution is 2.44. The van der Waals surface area contributed by atoms with Gasteiger partial charge in [0, 0.05) is 30.1 Å². The van der Waals surface area contributed by atoms with Crippen molar-refractivity contribution < 1.29 is 9.18 Å². The molecule has 0 spiro atoms. The van der Waals surface area contributed by atoms with Crippen LogP contribution in [-0.2, 0) is 11.8 Å². The summed E-state index contributed by atoms with van der Waals surface area (Å²) in [5.41, 5.74) is 2.43. The second kappa shape index (κ2) is 11.3. The number of carbonyl (C=O) groups is 1. The van der Waals surface area contributed by atoms with Crippen LogP contribution in [-0.4, -0.2) is 28.0 Å². The van der Waals surface area contributed by atoms with E-state index in [0.717, 1.165) is 68.5 Å². The third-order valence-electron chi connectivity index (χ3n) is 8.92. The van der Waals surface area contributed by atoms with Crippen molar-refractivity contribution in [2.45, 2.75) is 114 Å². The molecular formula is C30H41FN4O. The molecule has 1 amide bonds. The maximum Gasteiger partial charge on any atom is 0.254 e. The van der Waals surface area contributed by atoms with Crippen LogP contribution in [0.25, 0.3) is 0 Å². The number of nitrogens with one attached hydrogen (secondary N) is 2. The highest BCUT2D eigenvalue weighted by atomic mass is 19.1. The average molecular weight is 493 g/mol. The molecule has 6 heteroatoms. The summed E-state index contributed by atoms with van der Waals surface area (Å²) in [4.78, 5) is 23.1. The number of aromatic nitrogens is 2. The fourth-order valence-corrected chi connectivity index (χ4v) is 6.65. The maximum absolute atomic E-state index is 13.7. The van der Waals surface area contributed by atoms with Crippen molar-refractivity contribution in [3.8, 4) is 0 Å². The zero-order valence-electron chi connectivity index (χ0n) is 21.7. The normalized spacial score (nSPS) is 24.4. The summed E-state index contributed by atoms with van der Waals surface area (Å²) < 4.78 is 13.7. The molecule has 1 heterocycles. The third-order valence-corrected chi connectivity index (χ3v) is 8.92. The molecule has 0 bridgehead atoms. The first kappa shape index (κ1) is 25.2. The van der Waals surface area contributed by atoms with Gasteiger partial charge in [-0.15, -0.1) is 0 Å². The largest absolute Gasteiger partial charge is 0.351 e. The fraction of sp³-hybridized carbons (Fsp3) is 0.633. The van der Waals surface area contributed by atoms with Crippen molar-refractivity contribution in [1.29, 1.82) is 0 Å². The van der Waals surface area contributed by atoms with Crippen molar-refractivity contribution in [3.63, 3.8) is 0 Å². The lowest BCUT2D eigenvalue weighted by Crippen LogP contribution is -2.37. The van der Waals surface area contributed by atoms with E-state index in [-0.39, 0.29) is 23.2 Å². The standard InChI is InChI=1S/C30H41FN4O/c1-21-9-15-25(16-10-21)34-29-32-20-26(28(36)33-24-7-3-2-4-8-24)27(35-29)19-30(17-5-6-18-30)22-11-13-23(31)14-12-22/h11-14,20-21,24-25H,2-10,15-19H2,1H3,(H,33,36)(H,32,34,35). The average Bonchev–Trinajstić information content (AvgIpc) is 3.36.